The van der Waals surface area contributed by atoms with Crippen molar-refractivity contribution in [3.63, 3.8) is 0 Å². The minimum absolute atomic E-state index is 0.00938. The van der Waals surface area contributed by atoms with Gasteiger partial charge in [-0.2, -0.15) is 0 Å². The van der Waals surface area contributed by atoms with Gasteiger partial charge in [-0.05, 0) is 66.6 Å². The number of rotatable bonds is 19. The van der Waals surface area contributed by atoms with Gasteiger partial charge in [0.1, 0.15) is 17.2 Å². The molecular formula is C36H45NO4. The molecule has 0 unspecified atom stereocenters. The van der Waals surface area contributed by atoms with Gasteiger partial charge in [-0.1, -0.05) is 95.8 Å². The summed E-state index contributed by atoms with van der Waals surface area (Å²) in [5, 5.41) is 19.2. The van der Waals surface area contributed by atoms with Gasteiger partial charge in [-0.15, -0.1) is 0 Å². The molecule has 5 heteroatoms. The molecule has 5 nitrogen and oxygen atoms in total. The van der Waals surface area contributed by atoms with Crippen LogP contribution in [0.5, 0.6) is 17.2 Å². The molecular weight excluding hydrogens is 510 g/mol. The quantitative estimate of drug-likeness (QED) is 0.0668. The van der Waals surface area contributed by atoms with E-state index in [4.69, 9.17) is 4.74 Å². The number of allylic oxidation sites excluding steroid dienone is 1. The molecule has 3 aromatic carbocycles. The summed E-state index contributed by atoms with van der Waals surface area (Å²) >= 11 is 0. The summed E-state index contributed by atoms with van der Waals surface area (Å²) in [7, 11) is 0. The first kappa shape index (κ1) is 31.7. The lowest BCUT2D eigenvalue weighted by Gasteiger charge is -2.06. The van der Waals surface area contributed by atoms with Crippen LogP contribution in [0, 0.1) is 0 Å². The average Bonchev–Trinajstić information content (AvgIpc) is 2.98. The number of carbonyl (C=O) groups is 1. The summed E-state index contributed by atoms with van der Waals surface area (Å²) in [6, 6.07) is 19.1. The fraction of sp³-hybridized carbons (Fsp3) is 0.389. The Morgan fingerprint density at radius 1 is 0.756 bits per heavy atom. The van der Waals surface area contributed by atoms with Crippen LogP contribution >= 0.6 is 0 Å². The number of ether oxygens (including phenoxy) is 1. The Hall–Kier alpha value is -3.86. The number of ketones is 1. The summed E-state index contributed by atoms with van der Waals surface area (Å²) in [6.07, 6.45) is 20.9. The normalized spacial score (nSPS) is 11.4. The van der Waals surface area contributed by atoms with Crippen LogP contribution in [0.15, 0.2) is 77.8 Å². The average molecular weight is 556 g/mol. The maximum Gasteiger partial charge on any atom is 0.185 e. The van der Waals surface area contributed by atoms with Gasteiger partial charge >= 0.3 is 0 Å². The number of aliphatic imine (C=N–C) groups is 1. The monoisotopic (exact) mass is 555 g/mol. The molecule has 0 aliphatic carbocycles. The number of aromatic hydroxyl groups is 2. The van der Waals surface area contributed by atoms with Crippen LogP contribution < -0.4 is 4.74 Å². The molecule has 0 aromatic heterocycles. The second kappa shape index (κ2) is 18.5. The van der Waals surface area contributed by atoms with Crippen LogP contribution in [0.1, 0.15) is 105 Å². The minimum atomic E-state index is -0.0935. The fourth-order valence-electron chi connectivity index (χ4n) is 4.57. The van der Waals surface area contributed by atoms with Gasteiger partial charge in [0, 0.05) is 23.4 Å². The van der Waals surface area contributed by atoms with Crippen molar-refractivity contribution < 1.29 is 19.7 Å². The number of phenolic OH excluding ortho intramolecular Hbond substituents is 2. The van der Waals surface area contributed by atoms with E-state index in [1.807, 2.05) is 24.3 Å². The molecule has 0 amide bonds. The van der Waals surface area contributed by atoms with Gasteiger partial charge in [0.05, 0.1) is 12.3 Å². The van der Waals surface area contributed by atoms with Crippen LogP contribution in [-0.2, 0) is 0 Å². The van der Waals surface area contributed by atoms with Gasteiger partial charge < -0.3 is 14.9 Å². The molecule has 0 radical (unpaired) electrons. The molecule has 3 rings (SSSR count). The minimum Gasteiger partial charge on any atom is -0.508 e. The molecule has 0 spiro atoms. The highest BCUT2D eigenvalue weighted by Gasteiger charge is 2.03. The van der Waals surface area contributed by atoms with Crippen molar-refractivity contribution in [2.45, 2.75) is 84.0 Å². The van der Waals surface area contributed by atoms with Crippen molar-refractivity contribution in [3.05, 3.63) is 89.5 Å². The maximum absolute atomic E-state index is 12.6. The molecule has 0 fully saturated rings. The molecule has 0 saturated carbocycles. The summed E-state index contributed by atoms with van der Waals surface area (Å²) in [5.41, 5.74) is 2.64. The first-order valence-corrected chi connectivity index (χ1v) is 15.2. The Morgan fingerprint density at radius 2 is 1.37 bits per heavy atom. The SMILES string of the molecule is CCCCCCCCCCCCCCOc1ccc(/C=C/C(=O)c2ccc(N=Cc3ccc(O)cc3O)cc2)cc1. The third-order valence-electron chi connectivity index (χ3n) is 7.09. The van der Waals surface area contributed by atoms with Gasteiger partial charge in [0.2, 0.25) is 0 Å². The Morgan fingerprint density at radius 3 is 1.98 bits per heavy atom. The highest BCUT2D eigenvalue weighted by Crippen LogP contribution is 2.22. The van der Waals surface area contributed by atoms with Crippen LogP contribution in [0.3, 0.4) is 0 Å². The smallest absolute Gasteiger partial charge is 0.185 e. The van der Waals surface area contributed by atoms with Crippen LogP contribution in [0.2, 0.25) is 0 Å². The van der Waals surface area contributed by atoms with E-state index in [2.05, 4.69) is 11.9 Å². The Kier molecular flexibility index (Phi) is 14.3. The lowest BCUT2D eigenvalue weighted by Crippen LogP contribution is -1.97. The third-order valence-corrected chi connectivity index (χ3v) is 7.09. The predicted molar refractivity (Wildman–Crippen MR) is 170 cm³/mol. The number of phenols is 2. The maximum atomic E-state index is 12.6. The van der Waals surface area contributed by atoms with Crippen molar-refractivity contribution in [3.8, 4) is 17.2 Å². The van der Waals surface area contributed by atoms with E-state index in [9.17, 15) is 15.0 Å². The van der Waals surface area contributed by atoms with Crippen LogP contribution in [-0.4, -0.2) is 28.8 Å². The number of hydrogen-bond acceptors (Lipinski definition) is 5. The zero-order valence-corrected chi connectivity index (χ0v) is 24.4. The highest BCUT2D eigenvalue weighted by molar-refractivity contribution is 6.07. The zero-order valence-electron chi connectivity index (χ0n) is 24.4. The highest BCUT2D eigenvalue weighted by atomic mass is 16.5. The molecule has 0 aliphatic rings. The first-order chi connectivity index (χ1) is 20.0. The molecule has 2 N–H and O–H groups in total. The number of nitrogens with zero attached hydrogens (tertiary/aromatic N) is 1. The molecule has 3 aromatic rings. The van der Waals surface area contributed by atoms with Crippen molar-refractivity contribution in [2.24, 2.45) is 4.99 Å². The summed E-state index contributed by atoms with van der Waals surface area (Å²) in [6.45, 7) is 3.01. The second-order valence-corrected chi connectivity index (χ2v) is 10.6. The zero-order chi connectivity index (χ0) is 29.1. The van der Waals surface area contributed by atoms with E-state index in [-0.39, 0.29) is 17.3 Å². The van der Waals surface area contributed by atoms with Gasteiger partial charge in [0.15, 0.2) is 5.78 Å². The van der Waals surface area contributed by atoms with Crippen molar-refractivity contribution in [1.82, 2.24) is 0 Å². The van der Waals surface area contributed by atoms with E-state index in [0.29, 0.717) is 16.8 Å². The first-order valence-electron chi connectivity index (χ1n) is 15.2. The molecule has 41 heavy (non-hydrogen) atoms. The lowest BCUT2D eigenvalue weighted by molar-refractivity contribution is 0.104. The summed E-state index contributed by atoms with van der Waals surface area (Å²) in [5.74, 6) is 0.701. The number of hydrogen-bond donors (Lipinski definition) is 2. The molecule has 218 valence electrons. The van der Waals surface area contributed by atoms with Crippen molar-refractivity contribution >= 4 is 23.8 Å². The molecule has 0 atom stereocenters. The summed E-state index contributed by atoms with van der Waals surface area (Å²) < 4.78 is 5.89. The number of carbonyl (C=O) groups excluding carboxylic acids is 1. The summed E-state index contributed by atoms with van der Waals surface area (Å²) in [4.78, 5) is 16.9. The number of benzene rings is 3. The van der Waals surface area contributed by atoms with Crippen molar-refractivity contribution in [1.29, 1.82) is 0 Å². The Bertz CT molecular complexity index is 1230. The third kappa shape index (κ3) is 12.5. The van der Waals surface area contributed by atoms with E-state index in [1.54, 1.807) is 42.5 Å². The van der Waals surface area contributed by atoms with Gasteiger partial charge in [-0.3, -0.25) is 9.79 Å². The second-order valence-electron chi connectivity index (χ2n) is 10.6. The topological polar surface area (TPSA) is 79.1 Å². The largest absolute Gasteiger partial charge is 0.508 e. The van der Waals surface area contributed by atoms with Crippen LogP contribution in [0.25, 0.3) is 6.08 Å². The standard InChI is InChI=1S/C36H45NO4/c1-2-3-4-5-6-7-8-9-10-11-12-13-26-41-34-23-14-29(15-24-34)16-25-35(39)30-17-20-32(21-18-30)37-28-31-19-22-33(38)27-36(31)40/h14-25,27-28,38,40H,2-13,26H2,1H3/b25-16+,37-28?. The number of unbranched alkanes of at least 4 members (excludes halogenated alkanes) is 11. The van der Waals surface area contributed by atoms with Gasteiger partial charge in [-0.25, -0.2) is 0 Å². The lowest BCUT2D eigenvalue weighted by atomic mass is 10.1. The van der Waals surface area contributed by atoms with Gasteiger partial charge in [0.25, 0.3) is 0 Å². The van der Waals surface area contributed by atoms with E-state index >= 15 is 0 Å². The predicted octanol–water partition coefficient (Wildman–Crippen LogP) is 9.82. The molecule has 0 aliphatic heterocycles. The Labute approximate surface area is 245 Å². The van der Waals surface area contributed by atoms with E-state index in [0.717, 1.165) is 24.3 Å². The van der Waals surface area contributed by atoms with Crippen LogP contribution in [0.4, 0.5) is 5.69 Å². The Balaban J connectivity index is 1.31. The fourth-order valence-corrected chi connectivity index (χ4v) is 4.57. The molecule has 0 bridgehead atoms. The van der Waals surface area contributed by atoms with Crippen molar-refractivity contribution in [2.75, 3.05) is 6.61 Å². The van der Waals surface area contributed by atoms with E-state index < -0.39 is 0 Å². The molecule has 0 heterocycles. The molecule has 0 saturated heterocycles. The van der Waals surface area contributed by atoms with E-state index in [1.165, 1.54) is 89.0 Å².